The maximum Gasteiger partial charge on any atom is 0.342 e. The van der Waals surface area contributed by atoms with Gasteiger partial charge in [0.1, 0.15) is 18.3 Å². The normalized spacial score (nSPS) is 20.8. The lowest BCUT2D eigenvalue weighted by molar-refractivity contribution is -0.147. The minimum Gasteiger partial charge on any atom is -0.399 e. The molecule has 13 nitrogen and oxygen atoms in total. The van der Waals surface area contributed by atoms with Gasteiger partial charge in [0, 0.05) is 25.8 Å². The Labute approximate surface area is 322 Å². The van der Waals surface area contributed by atoms with Crippen LogP contribution in [0.2, 0.25) is 5.04 Å². The number of Topliss-reactive ketones (excluding diaryl/α,β-unsaturated/α-hetero) is 1. The number of nitrogens with zero attached hydrogens (tertiary/aromatic N) is 1. The molecule has 0 bridgehead atoms. The van der Waals surface area contributed by atoms with Crippen molar-refractivity contribution in [3.8, 4) is 0 Å². The summed E-state index contributed by atoms with van der Waals surface area (Å²) < 4.78 is 76.8. The van der Waals surface area contributed by atoms with E-state index in [1.165, 1.54) is 24.9 Å². The van der Waals surface area contributed by atoms with Gasteiger partial charge in [0.2, 0.25) is 5.91 Å². The minimum atomic E-state index is -4.16. The lowest BCUT2D eigenvalue weighted by Gasteiger charge is -2.46. The number of carbonyl (C=O) groups excluding carboxylic acids is 2. The molecule has 1 heterocycles. The molecule has 1 saturated heterocycles. The first-order chi connectivity index (χ1) is 25.5. The van der Waals surface area contributed by atoms with Crippen molar-refractivity contribution in [2.75, 3.05) is 52.7 Å². The van der Waals surface area contributed by atoms with Crippen molar-refractivity contribution >= 4 is 45.6 Å². The van der Waals surface area contributed by atoms with Gasteiger partial charge in [-0.05, 0) is 50.0 Å². The molecule has 3 rings (SSSR count). The molecule has 0 radical (unpaired) electrons. The van der Waals surface area contributed by atoms with Crippen molar-refractivity contribution < 1.29 is 55.5 Å². The molecule has 302 valence electrons. The Kier molecular flexibility index (Phi) is 17.7. The average Bonchev–Trinajstić information content (AvgIpc) is 3.44. The fraction of sp³-hybridized carbons (Fsp3) is 0.579. The van der Waals surface area contributed by atoms with E-state index in [4.69, 9.17) is 36.7 Å². The van der Waals surface area contributed by atoms with Gasteiger partial charge < -0.3 is 36.7 Å². The Morgan fingerprint density at radius 3 is 1.72 bits per heavy atom. The summed E-state index contributed by atoms with van der Waals surface area (Å²) in [5.74, 6) is -1.28. The van der Waals surface area contributed by atoms with E-state index in [1.54, 1.807) is 34.8 Å². The predicted molar refractivity (Wildman–Crippen MR) is 211 cm³/mol. The van der Waals surface area contributed by atoms with Crippen LogP contribution in [0.5, 0.6) is 0 Å². The van der Waals surface area contributed by atoms with Gasteiger partial charge in [0.15, 0.2) is 17.9 Å². The van der Waals surface area contributed by atoms with Gasteiger partial charge in [-0.1, -0.05) is 81.4 Å². The van der Waals surface area contributed by atoms with Crippen LogP contribution in [0, 0.1) is 0 Å². The summed E-state index contributed by atoms with van der Waals surface area (Å²) in [6.45, 7) is 15.8. The van der Waals surface area contributed by atoms with Crippen molar-refractivity contribution in [3.63, 3.8) is 0 Å². The van der Waals surface area contributed by atoms with Gasteiger partial charge >= 0.3 is 15.2 Å². The summed E-state index contributed by atoms with van der Waals surface area (Å²) in [6, 6.07) is 20.0. The maximum atomic E-state index is 14.3. The quantitative estimate of drug-likeness (QED) is 0.0554. The molecule has 0 saturated carbocycles. The van der Waals surface area contributed by atoms with Crippen LogP contribution >= 0.6 is 15.2 Å². The summed E-state index contributed by atoms with van der Waals surface area (Å²) in [7, 11) is -9.84. The molecule has 1 unspecified atom stereocenters. The second kappa shape index (κ2) is 20.7. The van der Waals surface area contributed by atoms with Gasteiger partial charge in [0.25, 0.3) is 8.32 Å². The topological polar surface area (TPSA) is 145 Å². The molecule has 0 aromatic heterocycles. The molecule has 54 heavy (non-hydrogen) atoms. The number of allylic oxidation sites excluding steroid dienone is 1. The first kappa shape index (κ1) is 46.1. The first-order valence-electron chi connectivity index (χ1n) is 18.3. The molecule has 0 aliphatic carbocycles. The number of benzene rings is 2. The first-order valence-corrected chi connectivity index (χ1v) is 23.7. The molecule has 0 spiro atoms. The Balaban J connectivity index is 2.29. The molecule has 5 atom stereocenters. The van der Waals surface area contributed by atoms with Crippen LogP contribution in [0.15, 0.2) is 72.4 Å². The summed E-state index contributed by atoms with van der Waals surface area (Å²) in [5.41, 5.74) is 0.317. The summed E-state index contributed by atoms with van der Waals surface area (Å²) in [5, 5.41) is 1.48. The molecule has 2 aromatic carbocycles. The highest BCUT2D eigenvalue weighted by molar-refractivity contribution is 7.71. The third-order valence-electron chi connectivity index (χ3n) is 8.90. The van der Waals surface area contributed by atoms with E-state index in [9.17, 15) is 18.7 Å². The molecule has 1 amide bonds. The molecule has 16 heteroatoms. The molecular weight excluding hydrogens is 752 g/mol. The average molecular weight is 812 g/mol. The Morgan fingerprint density at radius 2 is 1.30 bits per heavy atom. The highest BCUT2D eigenvalue weighted by Crippen LogP contribution is 2.64. The van der Waals surface area contributed by atoms with E-state index < -0.39 is 64.9 Å². The number of carbonyl (C=O) groups is 2. The maximum absolute atomic E-state index is 14.3. The van der Waals surface area contributed by atoms with Crippen LogP contribution in [0.25, 0.3) is 0 Å². The second-order valence-electron chi connectivity index (χ2n) is 13.8. The number of rotatable bonds is 22. The Bertz CT molecular complexity index is 1570. The van der Waals surface area contributed by atoms with Crippen LogP contribution in [0.3, 0.4) is 0 Å². The molecule has 2 aromatic rings. The van der Waals surface area contributed by atoms with Crippen LogP contribution in [-0.2, 0) is 55.5 Å². The third kappa shape index (κ3) is 11.6. The fourth-order valence-electron chi connectivity index (χ4n) is 6.42. The number of methoxy groups -OCH3 is 1. The van der Waals surface area contributed by atoms with E-state index in [2.05, 4.69) is 20.8 Å². The van der Waals surface area contributed by atoms with Gasteiger partial charge in [-0.25, -0.2) is 0 Å². The largest absolute Gasteiger partial charge is 0.399 e. The van der Waals surface area contributed by atoms with E-state index in [-0.39, 0.29) is 45.4 Å². The van der Waals surface area contributed by atoms with Crippen molar-refractivity contribution in [2.45, 2.75) is 91.9 Å². The fourth-order valence-corrected chi connectivity index (χ4v) is 15.8. The lowest BCUT2D eigenvalue weighted by Crippen LogP contribution is -2.69. The SMILES string of the molecule is CCOP(=O)(CP(=O)(OCC)OC[C@H]1O[C@@H](N(/C=C(/C)C(C)=O)C(C)=O)[C@H](OCCOC)[C@@H]1O[Si](c1ccccc1)(c1ccccc1)C(C)(C)C)OCC. The van der Waals surface area contributed by atoms with Crippen LogP contribution in [-0.4, -0.2) is 102 Å². The Hall–Kier alpha value is -2.32. The van der Waals surface area contributed by atoms with Crippen molar-refractivity contribution in [1.29, 1.82) is 0 Å². The molecular formula is C38H59NO12P2Si. The van der Waals surface area contributed by atoms with E-state index in [0.29, 0.717) is 5.57 Å². The predicted octanol–water partition coefficient (Wildman–Crippen LogP) is 6.50. The third-order valence-corrected chi connectivity index (χ3v) is 19.2. The molecule has 1 fully saturated rings. The highest BCUT2D eigenvalue weighted by atomic mass is 31.2. The standard InChI is InChI=1S/C38H59NO12P2Si/c1-11-46-52(42,47-12-2)28-53(43,48-13-3)49-27-34-35(36(45-25-24-44-10)37(50-34)39(31(6)41)26-29(4)30(5)40)51-54(38(7,8)9,32-20-16-14-17-21-32)33-22-18-15-19-23-33/h14-23,26,34-37H,11-13,24-25,27-28H2,1-10H3/b29-26-/t34-,35-,36-,37-,53?/m1/s1. The van der Waals surface area contributed by atoms with Gasteiger partial charge in [0.05, 0.1) is 39.6 Å². The summed E-state index contributed by atoms with van der Waals surface area (Å²) in [6.07, 6.45) is -2.61. The molecule has 0 N–H and O–H groups in total. The van der Waals surface area contributed by atoms with Crippen molar-refractivity contribution in [1.82, 2.24) is 4.90 Å². The highest BCUT2D eigenvalue weighted by Gasteiger charge is 2.58. The summed E-state index contributed by atoms with van der Waals surface area (Å²) >= 11 is 0. The number of ketones is 1. The monoisotopic (exact) mass is 811 g/mol. The molecule has 1 aliphatic rings. The number of hydrogen-bond donors (Lipinski definition) is 0. The van der Waals surface area contributed by atoms with Crippen LogP contribution in [0.4, 0.5) is 0 Å². The number of ether oxygens (including phenoxy) is 3. The van der Waals surface area contributed by atoms with Crippen molar-refractivity contribution in [2.24, 2.45) is 0 Å². The van der Waals surface area contributed by atoms with Crippen molar-refractivity contribution in [3.05, 3.63) is 72.4 Å². The zero-order valence-electron chi connectivity index (χ0n) is 33.4. The molecule has 1 aliphatic heterocycles. The summed E-state index contributed by atoms with van der Waals surface area (Å²) in [4.78, 5) is 27.1. The Morgan fingerprint density at radius 1 is 0.796 bits per heavy atom. The smallest absolute Gasteiger partial charge is 0.342 e. The second-order valence-corrected chi connectivity index (χ2v) is 22.7. The van der Waals surface area contributed by atoms with E-state index in [0.717, 1.165) is 10.4 Å². The van der Waals surface area contributed by atoms with E-state index in [1.807, 2.05) is 60.7 Å². The van der Waals surface area contributed by atoms with Crippen LogP contribution in [0.1, 0.15) is 62.3 Å². The lowest BCUT2D eigenvalue weighted by atomic mass is 10.1. The zero-order chi connectivity index (χ0) is 40.2. The number of amides is 1. The van der Waals surface area contributed by atoms with Gasteiger partial charge in [-0.3, -0.25) is 23.6 Å². The van der Waals surface area contributed by atoms with Crippen LogP contribution < -0.4 is 10.4 Å². The minimum absolute atomic E-state index is 0.0122. The van der Waals surface area contributed by atoms with Gasteiger partial charge in [-0.2, -0.15) is 0 Å². The van der Waals surface area contributed by atoms with E-state index >= 15 is 0 Å². The number of hydrogen-bond acceptors (Lipinski definition) is 12. The van der Waals surface area contributed by atoms with Gasteiger partial charge in [-0.15, -0.1) is 0 Å². The zero-order valence-corrected chi connectivity index (χ0v) is 36.1.